The minimum Gasteiger partial charge on any atom is -0.322 e. The highest BCUT2D eigenvalue weighted by molar-refractivity contribution is 7.98. The maximum absolute atomic E-state index is 13.7. The number of non-ortho nitro benzene ring substituents is 1. The van der Waals surface area contributed by atoms with E-state index in [9.17, 15) is 28.1 Å². The number of thioether (sulfide) groups is 1. The molecule has 2 aromatic carbocycles. The van der Waals surface area contributed by atoms with Gasteiger partial charge in [0.25, 0.3) is 11.6 Å². The third kappa shape index (κ3) is 4.40. The summed E-state index contributed by atoms with van der Waals surface area (Å²) in [6, 6.07) is 11.0. The first-order valence-electron chi connectivity index (χ1n) is 8.06. The molecular weight excluding hydrogens is 409 g/mol. The van der Waals surface area contributed by atoms with Crippen molar-refractivity contribution in [3.05, 3.63) is 76.1 Å². The van der Waals surface area contributed by atoms with Gasteiger partial charge in [0, 0.05) is 22.7 Å². The van der Waals surface area contributed by atoms with Crippen molar-refractivity contribution >= 4 is 29.0 Å². The number of rotatable bonds is 5. The van der Waals surface area contributed by atoms with Crippen LogP contribution in [0.15, 0.2) is 59.6 Å². The highest BCUT2D eigenvalue weighted by atomic mass is 32.2. The number of nitrogens with one attached hydrogen (secondary N) is 1. The van der Waals surface area contributed by atoms with Crippen LogP contribution >= 0.6 is 11.8 Å². The van der Waals surface area contributed by atoms with Gasteiger partial charge < -0.3 is 5.32 Å². The van der Waals surface area contributed by atoms with Crippen LogP contribution in [0.3, 0.4) is 0 Å². The maximum Gasteiger partial charge on any atom is 0.434 e. The molecule has 150 valence electrons. The average molecular weight is 422 g/mol. The summed E-state index contributed by atoms with van der Waals surface area (Å²) in [7, 11) is 0. The van der Waals surface area contributed by atoms with Crippen LogP contribution in [0.25, 0.3) is 5.69 Å². The van der Waals surface area contributed by atoms with Gasteiger partial charge >= 0.3 is 6.18 Å². The Hall–Kier alpha value is -3.34. The largest absolute Gasteiger partial charge is 0.434 e. The molecule has 0 aliphatic carbocycles. The molecular formula is C18H13F3N4O3S. The lowest BCUT2D eigenvalue weighted by Crippen LogP contribution is -2.20. The number of aromatic nitrogens is 2. The van der Waals surface area contributed by atoms with E-state index in [1.807, 2.05) is 6.26 Å². The number of benzene rings is 2. The lowest BCUT2D eigenvalue weighted by atomic mass is 10.2. The zero-order valence-corrected chi connectivity index (χ0v) is 15.6. The van der Waals surface area contributed by atoms with E-state index >= 15 is 0 Å². The van der Waals surface area contributed by atoms with Crippen molar-refractivity contribution in [3.8, 4) is 5.69 Å². The second-order valence-corrected chi connectivity index (χ2v) is 6.65. The van der Waals surface area contributed by atoms with E-state index < -0.39 is 28.3 Å². The number of hydrogen-bond acceptors (Lipinski definition) is 5. The summed E-state index contributed by atoms with van der Waals surface area (Å²) in [4.78, 5) is 23.5. The Bertz CT molecular complexity index is 1050. The summed E-state index contributed by atoms with van der Waals surface area (Å²) >= 11 is 1.49. The fourth-order valence-corrected chi connectivity index (χ4v) is 2.98. The molecule has 1 N–H and O–H groups in total. The zero-order chi connectivity index (χ0) is 21.2. The van der Waals surface area contributed by atoms with Gasteiger partial charge in [0.05, 0.1) is 22.4 Å². The van der Waals surface area contributed by atoms with Gasteiger partial charge in [-0.2, -0.15) is 18.3 Å². The first kappa shape index (κ1) is 20.4. The molecule has 0 radical (unpaired) electrons. The molecule has 29 heavy (non-hydrogen) atoms. The molecule has 7 nitrogen and oxygen atoms in total. The number of amides is 1. The Morgan fingerprint density at radius 1 is 1.14 bits per heavy atom. The summed E-state index contributed by atoms with van der Waals surface area (Å²) in [6.07, 6.45) is -2.20. The standard InChI is InChI=1S/C18H13F3N4O3S/c1-29-14-8-2-11(3-9-14)23-17(26)15-10-22-24(16(15)18(19,20)21)12-4-6-13(7-5-12)25(27)28/h2-10H,1H3,(H,23,26). The predicted octanol–water partition coefficient (Wildman–Crippen LogP) is 4.77. The topological polar surface area (TPSA) is 90.1 Å². The molecule has 0 unspecified atom stereocenters. The predicted molar refractivity (Wildman–Crippen MR) is 101 cm³/mol. The SMILES string of the molecule is CSc1ccc(NC(=O)c2cnn(-c3ccc([N+](=O)[O-])cc3)c2C(F)(F)F)cc1. The minimum atomic E-state index is -4.88. The molecule has 0 aliphatic heterocycles. The van der Waals surface area contributed by atoms with Crippen LogP contribution < -0.4 is 5.32 Å². The van der Waals surface area contributed by atoms with E-state index in [1.165, 1.54) is 11.8 Å². The Morgan fingerprint density at radius 3 is 2.28 bits per heavy atom. The number of carbonyl (C=O) groups excluding carboxylic acids is 1. The summed E-state index contributed by atoms with van der Waals surface area (Å²) in [5.41, 5.74) is -1.94. The Labute approximate surface area is 166 Å². The van der Waals surface area contributed by atoms with Crippen LogP contribution in [0, 0.1) is 10.1 Å². The highest BCUT2D eigenvalue weighted by Gasteiger charge is 2.40. The molecule has 0 saturated carbocycles. The van der Waals surface area contributed by atoms with E-state index in [2.05, 4.69) is 10.4 Å². The third-order valence-corrected chi connectivity index (χ3v) is 4.68. The van der Waals surface area contributed by atoms with Crippen LogP contribution in [0.5, 0.6) is 0 Å². The van der Waals surface area contributed by atoms with Crippen molar-refractivity contribution < 1.29 is 22.9 Å². The number of anilines is 1. The van der Waals surface area contributed by atoms with Crippen molar-refractivity contribution in [2.45, 2.75) is 11.1 Å². The van der Waals surface area contributed by atoms with Crippen LogP contribution in [-0.2, 0) is 6.18 Å². The number of hydrogen-bond donors (Lipinski definition) is 1. The quantitative estimate of drug-likeness (QED) is 0.363. The minimum absolute atomic E-state index is 0.0636. The van der Waals surface area contributed by atoms with Gasteiger partial charge in [0.15, 0.2) is 5.69 Å². The molecule has 3 rings (SSSR count). The normalized spacial score (nSPS) is 11.3. The van der Waals surface area contributed by atoms with Crippen LogP contribution in [-0.4, -0.2) is 26.9 Å². The molecule has 0 fully saturated rings. The molecule has 0 bridgehead atoms. The Balaban J connectivity index is 1.96. The monoisotopic (exact) mass is 422 g/mol. The Morgan fingerprint density at radius 2 is 1.76 bits per heavy atom. The van der Waals surface area contributed by atoms with E-state index in [-0.39, 0.29) is 11.4 Å². The smallest absolute Gasteiger partial charge is 0.322 e. The molecule has 0 atom stereocenters. The molecule has 1 heterocycles. The van der Waals surface area contributed by atoms with Gasteiger partial charge in [-0.1, -0.05) is 0 Å². The van der Waals surface area contributed by atoms with Crippen molar-refractivity contribution in [1.29, 1.82) is 0 Å². The van der Waals surface area contributed by atoms with E-state index in [4.69, 9.17) is 0 Å². The van der Waals surface area contributed by atoms with Gasteiger partial charge in [-0.05, 0) is 42.7 Å². The molecule has 1 amide bonds. The van der Waals surface area contributed by atoms with E-state index in [0.29, 0.717) is 10.4 Å². The second-order valence-electron chi connectivity index (χ2n) is 5.77. The van der Waals surface area contributed by atoms with Crippen molar-refractivity contribution in [2.24, 2.45) is 0 Å². The number of nitro groups is 1. The third-order valence-electron chi connectivity index (χ3n) is 3.94. The first-order chi connectivity index (χ1) is 13.7. The van der Waals surface area contributed by atoms with Gasteiger partial charge in [-0.25, -0.2) is 4.68 Å². The van der Waals surface area contributed by atoms with Gasteiger partial charge in [0.2, 0.25) is 0 Å². The fraction of sp³-hybridized carbons (Fsp3) is 0.111. The summed E-state index contributed by atoms with van der Waals surface area (Å²) in [6.45, 7) is 0. The van der Waals surface area contributed by atoms with Crippen LogP contribution in [0.1, 0.15) is 16.1 Å². The first-order valence-corrected chi connectivity index (χ1v) is 9.28. The molecule has 0 aliphatic rings. The van der Waals surface area contributed by atoms with Gasteiger partial charge in [-0.15, -0.1) is 11.8 Å². The average Bonchev–Trinajstić information content (AvgIpc) is 3.14. The lowest BCUT2D eigenvalue weighted by Gasteiger charge is -2.13. The molecule has 1 aromatic heterocycles. The second kappa shape index (κ2) is 7.95. The van der Waals surface area contributed by atoms with Crippen molar-refractivity contribution in [1.82, 2.24) is 9.78 Å². The number of alkyl halides is 3. The summed E-state index contributed by atoms with van der Waals surface area (Å²) in [5, 5.41) is 16.8. The van der Waals surface area contributed by atoms with E-state index in [0.717, 1.165) is 35.4 Å². The van der Waals surface area contributed by atoms with Gasteiger partial charge in [0.1, 0.15) is 0 Å². The number of nitrogens with zero attached hydrogens (tertiary/aromatic N) is 3. The van der Waals surface area contributed by atoms with Crippen molar-refractivity contribution in [3.63, 3.8) is 0 Å². The molecule has 11 heteroatoms. The zero-order valence-electron chi connectivity index (χ0n) is 14.8. The fourth-order valence-electron chi connectivity index (χ4n) is 2.57. The van der Waals surface area contributed by atoms with Gasteiger partial charge in [-0.3, -0.25) is 14.9 Å². The Kier molecular flexibility index (Phi) is 5.59. The lowest BCUT2D eigenvalue weighted by molar-refractivity contribution is -0.384. The highest BCUT2D eigenvalue weighted by Crippen LogP contribution is 2.34. The van der Waals surface area contributed by atoms with Crippen LogP contribution in [0.2, 0.25) is 0 Å². The summed E-state index contributed by atoms with van der Waals surface area (Å²) < 4.78 is 41.6. The molecule has 0 spiro atoms. The summed E-state index contributed by atoms with van der Waals surface area (Å²) in [5.74, 6) is -0.970. The van der Waals surface area contributed by atoms with Crippen molar-refractivity contribution in [2.75, 3.05) is 11.6 Å². The molecule has 0 saturated heterocycles. The maximum atomic E-state index is 13.7. The molecule has 3 aromatic rings. The number of halogens is 3. The number of nitro benzene ring substituents is 1. The number of carbonyl (C=O) groups is 1. The van der Waals surface area contributed by atoms with Crippen LogP contribution in [0.4, 0.5) is 24.5 Å². The van der Waals surface area contributed by atoms with E-state index in [1.54, 1.807) is 24.3 Å².